The smallest absolute Gasteiger partial charge is 0.246 e. The van der Waals surface area contributed by atoms with Gasteiger partial charge in [-0.1, -0.05) is 48.0 Å². The lowest BCUT2D eigenvalue weighted by Crippen LogP contribution is -2.47. The van der Waals surface area contributed by atoms with Crippen molar-refractivity contribution in [3.05, 3.63) is 76.6 Å². The molecule has 5 heteroatoms. The summed E-state index contributed by atoms with van der Waals surface area (Å²) < 4.78 is 13.7. The number of hydrogen-bond donors (Lipinski definition) is 0. The predicted molar refractivity (Wildman–Crippen MR) is 98.7 cm³/mol. The zero-order chi connectivity index (χ0) is 17.6. The van der Waals surface area contributed by atoms with Crippen molar-refractivity contribution in [2.75, 3.05) is 26.2 Å². The zero-order valence-electron chi connectivity index (χ0n) is 13.9. The molecule has 0 spiro atoms. The van der Waals surface area contributed by atoms with Crippen LogP contribution in [0.2, 0.25) is 5.02 Å². The molecule has 1 aliphatic heterocycles. The third-order valence-electron chi connectivity index (χ3n) is 4.33. The standard InChI is InChI=1S/C20H20ClFN2O/c21-18-7-4-8-19(22)17(18)9-10-20(25)24-13-11-23(12-14-24)15-16-5-2-1-3-6-16/h1-10H,11-15H2/b10-9+. The van der Waals surface area contributed by atoms with Crippen LogP contribution in [0.5, 0.6) is 0 Å². The number of halogens is 2. The summed E-state index contributed by atoms with van der Waals surface area (Å²) in [5, 5.41) is 0.303. The van der Waals surface area contributed by atoms with E-state index in [4.69, 9.17) is 11.6 Å². The maximum Gasteiger partial charge on any atom is 0.246 e. The van der Waals surface area contributed by atoms with Gasteiger partial charge in [-0.15, -0.1) is 0 Å². The highest BCUT2D eigenvalue weighted by molar-refractivity contribution is 6.32. The van der Waals surface area contributed by atoms with E-state index in [2.05, 4.69) is 17.0 Å². The summed E-state index contributed by atoms with van der Waals surface area (Å²) in [6.45, 7) is 3.88. The Morgan fingerprint density at radius 1 is 1.04 bits per heavy atom. The number of benzene rings is 2. The summed E-state index contributed by atoms with van der Waals surface area (Å²) in [5.74, 6) is -0.539. The van der Waals surface area contributed by atoms with E-state index in [1.54, 1.807) is 17.0 Å². The normalized spacial score (nSPS) is 15.7. The minimum absolute atomic E-state index is 0.112. The average molecular weight is 359 g/mol. The number of rotatable bonds is 4. The van der Waals surface area contributed by atoms with Gasteiger partial charge in [-0.3, -0.25) is 9.69 Å². The van der Waals surface area contributed by atoms with Crippen LogP contribution < -0.4 is 0 Å². The van der Waals surface area contributed by atoms with Gasteiger partial charge >= 0.3 is 0 Å². The van der Waals surface area contributed by atoms with Crippen LogP contribution in [-0.2, 0) is 11.3 Å². The van der Waals surface area contributed by atoms with Gasteiger partial charge in [0.25, 0.3) is 0 Å². The summed E-state index contributed by atoms with van der Waals surface area (Å²) in [6.07, 6.45) is 2.85. The molecule has 1 heterocycles. The van der Waals surface area contributed by atoms with Crippen molar-refractivity contribution in [3.8, 4) is 0 Å². The zero-order valence-corrected chi connectivity index (χ0v) is 14.6. The molecule has 0 bridgehead atoms. The van der Waals surface area contributed by atoms with Crippen molar-refractivity contribution in [1.29, 1.82) is 0 Å². The van der Waals surface area contributed by atoms with Crippen LogP contribution in [0.4, 0.5) is 4.39 Å². The fraction of sp³-hybridized carbons (Fsp3) is 0.250. The number of nitrogens with zero attached hydrogens (tertiary/aromatic N) is 2. The van der Waals surface area contributed by atoms with Crippen LogP contribution in [0.1, 0.15) is 11.1 Å². The molecule has 1 fully saturated rings. The Kier molecular flexibility index (Phi) is 5.84. The largest absolute Gasteiger partial charge is 0.337 e. The minimum Gasteiger partial charge on any atom is -0.337 e. The molecule has 0 aromatic heterocycles. The van der Waals surface area contributed by atoms with Gasteiger partial charge in [0.15, 0.2) is 0 Å². The Morgan fingerprint density at radius 2 is 1.76 bits per heavy atom. The van der Waals surface area contributed by atoms with Crippen LogP contribution in [0, 0.1) is 5.82 Å². The first kappa shape index (κ1) is 17.6. The summed E-state index contributed by atoms with van der Waals surface area (Å²) >= 11 is 5.97. The monoisotopic (exact) mass is 358 g/mol. The summed E-state index contributed by atoms with van der Waals surface area (Å²) in [7, 11) is 0. The van der Waals surface area contributed by atoms with Crippen molar-refractivity contribution in [1.82, 2.24) is 9.80 Å². The van der Waals surface area contributed by atoms with Gasteiger partial charge in [-0.25, -0.2) is 4.39 Å². The van der Waals surface area contributed by atoms with Gasteiger partial charge in [0.05, 0.1) is 5.02 Å². The molecule has 0 unspecified atom stereocenters. The maximum absolute atomic E-state index is 13.7. The van der Waals surface area contributed by atoms with Crippen molar-refractivity contribution >= 4 is 23.6 Å². The van der Waals surface area contributed by atoms with E-state index in [1.165, 1.54) is 23.8 Å². The Balaban J connectivity index is 1.54. The molecular formula is C20H20ClFN2O. The van der Waals surface area contributed by atoms with Gasteiger partial charge in [-0.2, -0.15) is 0 Å². The molecule has 0 radical (unpaired) electrons. The molecule has 0 N–H and O–H groups in total. The van der Waals surface area contributed by atoms with E-state index < -0.39 is 5.82 Å². The molecule has 3 rings (SSSR count). The lowest BCUT2D eigenvalue weighted by molar-refractivity contribution is -0.127. The molecule has 2 aromatic carbocycles. The highest BCUT2D eigenvalue weighted by Gasteiger charge is 2.19. The summed E-state index contributed by atoms with van der Waals surface area (Å²) in [6, 6.07) is 14.8. The molecule has 0 atom stereocenters. The quantitative estimate of drug-likeness (QED) is 0.775. The predicted octanol–water partition coefficient (Wildman–Crippen LogP) is 3.84. The van der Waals surface area contributed by atoms with Crippen LogP contribution in [0.15, 0.2) is 54.6 Å². The van der Waals surface area contributed by atoms with Gasteiger partial charge in [-0.05, 0) is 23.8 Å². The summed E-state index contributed by atoms with van der Waals surface area (Å²) in [5.41, 5.74) is 1.52. The SMILES string of the molecule is O=C(/C=C/c1c(F)cccc1Cl)N1CCN(Cc2ccccc2)CC1. The second kappa shape index (κ2) is 8.28. The Hall–Kier alpha value is -2.17. The summed E-state index contributed by atoms with van der Waals surface area (Å²) in [4.78, 5) is 16.4. The molecule has 25 heavy (non-hydrogen) atoms. The van der Waals surface area contributed by atoms with Gasteiger partial charge in [0.2, 0.25) is 5.91 Å². The molecule has 0 saturated carbocycles. The average Bonchev–Trinajstić information content (AvgIpc) is 2.62. The van der Waals surface area contributed by atoms with E-state index in [1.807, 2.05) is 18.2 Å². The Morgan fingerprint density at radius 3 is 2.44 bits per heavy atom. The van der Waals surface area contributed by atoms with Crippen LogP contribution in [0.25, 0.3) is 6.08 Å². The third-order valence-corrected chi connectivity index (χ3v) is 4.65. The van der Waals surface area contributed by atoms with Crippen molar-refractivity contribution in [2.24, 2.45) is 0 Å². The molecule has 0 aliphatic carbocycles. The van der Waals surface area contributed by atoms with Crippen molar-refractivity contribution < 1.29 is 9.18 Å². The highest BCUT2D eigenvalue weighted by Crippen LogP contribution is 2.20. The van der Waals surface area contributed by atoms with Gasteiger partial charge in [0, 0.05) is 44.4 Å². The van der Waals surface area contributed by atoms with Crippen molar-refractivity contribution in [2.45, 2.75) is 6.54 Å². The Labute approximate surface area is 152 Å². The van der Waals surface area contributed by atoms with Crippen LogP contribution >= 0.6 is 11.6 Å². The number of amides is 1. The first-order valence-corrected chi connectivity index (χ1v) is 8.68. The molecular weight excluding hydrogens is 339 g/mol. The Bertz CT molecular complexity index is 735. The van der Waals surface area contributed by atoms with Gasteiger partial charge < -0.3 is 4.90 Å². The second-order valence-electron chi connectivity index (χ2n) is 6.06. The van der Waals surface area contributed by atoms with E-state index in [0.29, 0.717) is 18.1 Å². The maximum atomic E-state index is 13.7. The molecule has 130 valence electrons. The highest BCUT2D eigenvalue weighted by atomic mass is 35.5. The fourth-order valence-corrected chi connectivity index (χ4v) is 3.12. The molecule has 3 nitrogen and oxygen atoms in total. The number of hydrogen-bond acceptors (Lipinski definition) is 2. The first-order valence-electron chi connectivity index (χ1n) is 8.31. The molecule has 2 aromatic rings. The lowest BCUT2D eigenvalue weighted by atomic mass is 10.2. The van der Waals surface area contributed by atoms with Crippen molar-refractivity contribution in [3.63, 3.8) is 0 Å². The molecule has 1 saturated heterocycles. The fourth-order valence-electron chi connectivity index (χ4n) is 2.90. The minimum atomic E-state index is -0.427. The number of piperazine rings is 1. The second-order valence-corrected chi connectivity index (χ2v) is 6.46. The number of carbonyl (C=O) groups is 1. The van der Waals surface area contributed by atoms with E-state index >= 15 is 0 Å². The molecule has 1 amide bonds. The van der Waals surface area contributed by atoms with Crippen LogP contribution in [-0.4, -0.2) is 41.9 Å². The first-order chi connectivity index (χ1) is 12.1. The van der Waals surface area contributed by atoms with Gasteiger partial charge in [0.1, 0.15) is 5.82 Å². The number of carbonyl (C=O) groups excluding carboxylic acids is 1. The topological polar surface area (TPSA) is 23.6 Å². The third kappa shape index (κ3) is 4.68. The lowest BCUT2D eigenvalue weighted by Gasteiger charge is -2.34. The van der Waals surface area contributed by atoms with Crippen LogP contribution in [0.3, 0.4) is 0 Å². The molecule has 1 aliphatic rings. The van der Waals surface area contributed by atoms with E-state index in [0.717, 1.165) is 19.6 Å². The van der Waals surface area contributed by atoms with E-state index in [9.17, 15) is 9.18 Å². The van der Waals surface area contributed by atoms with E-state index in [-0.39, 0.29) is 11.5 Å².